The normalized spacial score (nSPS) is 20.8. The maximum atomic E-state index is 12.3. The first kappa shape index (κ1) is 17.8. The summed E-state index contributed by atoms with van der Waals surface area (Å²) in [5.74, 6) is -0.802. The van der Waals surface area contributed by atoms with Gasteiger partial charge in [-0.3, -0.25) is 0 Å². The molecule has 0 aromatic heterocycles. The molecule has 1 aromatic rings. The Labute approximate surface area is 142 Å². The quantitative estimate of drug-likeness (QED) is 0.576. The molecule has 0 saturated heterocycles. The highest BCUT2D eigenvalue weighted by atomic mass is 35.5. The zero-order chi connectivity index (χ0) is 16.7. The van der Waals surface area contributed by atoms with Gasteiger partial charge in [-0.1, -0.05) is 31.9 Å². The number of carbonyl (C=O) groups excluding carboxylic acids is 2. The van der Waals surface area contributed by atoms with Crippen LogP contribution in [0.2, 0.25) is 0 Å². The summed E-state index contributed by atoms with van der Waals surface area (Å²) < 4.78 is 10.5. The minimum absolute atomic E-state index is 0.0568. The first-order chi connectivity index (χ1) is 11.1. The van der Waals surface area contributed by atoms with Gasteiger partial charge in [-0.25, -0.2) is 9.59 Å². The van der Waals surface area contributed by atoms with Crippen molar-refractivity contribution in [3.05, 3.63) is 35.4 Å². The molecule has 2 atom stereocenters. The topological polar surface area (TPSA) is 52.6 Å². The van der Waals surface area contributed by atoms with E-state index >= 15 is 0 Å². The number of hydrogen-bond donors (Lipinski definition) is 0. The Balaban J connectivity index is 2.00. The molecule has 1 aliphatic rings. The first-order valence-electron chi connectivity index (χ1n) is 8.20. The molecule has 0 radical (unpaired) electrons. The van der Waals surface area contributed by atoms with Crippen LogP contribution in [0.4, 0.5) is 0 Å². The summed E-state index contributed by atoms with van der Waals surface area (Å²) in [6.45, 7) is 2.55. The van der Waals surface area contributed by atoms with E-state index in [1.807, 2.05) is 6.92 Å². The second kappa shape index (κ2) is 8.92. The summed E-state index contributed by atoms with van der Waals surface area (Å²) in [5, 5.41) is 0.0568. The number of esters is 2. The van der Waals surface area contributed by atoms with Crippen LogP contribution in [0.3, 0.4) is 0 Å². The van der Waals surface area contributed by atoms with Crippen LogP contribution < -0.4 is 0 Å². The fourth-order valence-electron chi connectivity index (χ4n) is 2.72. The van der Waals surface area contributed by atoms with E-state index in [2.05, 4.69) is 0 Å². The minimum Gasteiger partial charge on any atom is -0.462 e. The van der Waals surface area contributed by atoms with Gasteiger partial charge in [-0.05, 0) is 31.4 Å². The Morgan fingerprint density at radius 3 is 2.30 bits per heavy atom. The van der Waals surface area contributed by atoms with Gasteiger partial charge in [-0.2, -0.15) is 0 Å². The van der Waals surface area contributed by atoms with Crippen molar-refractivity contribution in [3.8, 4) is 0 Å². The van der Waals surface area contributed by atoms with Gasteiger partial charge in [0, 0.05) is 11.3 Å². The smallest absolute Gasteiger partial charge is 0.339 e. The second-order valence-electron chi connectivity index (χ2n) is 5.84. The highest BCUT2D eigenvalue weighted by molar-refractivity contribution is 6.20. The lowest BCUT2D eigenvalue weighted by Crippen LogP contribution is -2.26. The van der Waals surface area contributed by atoms with Crippen molar-refractivity contribution in [2.24, 2.45) is 5.92 Å². The van der Waals surface area contributed by atoms with E-state index in [9.17, 15) is 9.59 Å². The Hall–Kier alpha value is -1.55. The van der Waals surface area contributed by atoms with Gasteiger partial charge in [-0.15, -0.1) is 11.6 Å². The van der Waals surface area contributed by atoms with Crippen molar-refractivity contribution in [1.29, 1.82) is 0 Å². The van der Waals surface area contributed by atoms with E-state index in [0.717, 1.165) is 32.1 Å². The van der Waals surface area contributed by atoms with Crippen LogP contribution in [-0.2, 0) is 9.47 Å². The number of benzene rings is 1. The van der Waals surface area contributed by atoms with Gasteiger partial charge in [0.25, 0.3) is 0 Å². The summed E-state index contributed by atoms with van der Waals surface area (Å²) in [5.41, 5.74) is 0.493. The molecule has 0 aliphatic heterocycles. The molecule has 2 rings (SSSR count). The maximum absolute atomic E-state index is 12.3. The summed E-state index contributed by atoms with van der Waals surface area (Å²) in [6.07, 6.45) is 4.92. The third-order valence-corrected chi connectivity index (χ3v) is 4.62. The minimum atomic E-state index is -0.497. The number of alkyl halides is 1. The third kappa shape index (κ3) is 4.96. The fourth-order valence-corrected chi connectivity index (χ4v) is 3.08. The van der Waals surface area contributed by atoms with Crippen molar-refractivity contribution in [3.63, 3.8) is 0 Å². The zero-order valence-corrected chi connectivity index (χ0v) is 14.2. The van der Waals surface area contributed by atoms with E-state index < -0.39 is 11.9 Å². The van der Waals surface area contributed by atoms with Crippen LogP contribution in [0, 0.1) is 5.92 Å². The molecule has 1 aliphatic carbocycles. The van der Waals surface area contributed by atoms with Gasteiger partial charge in [0.2, 0.25) is 0 Å². The summed E-state index contributed by atoms with van der Waals surface area (Å²) >= 11 is 6.29. The van der Waals surface area contributed by atoms with E-state index in [1.165, 1.54) is 0 Å². The molecule has 4 nitrogen and oxygen atoms in total. The Bertz CT molecular complexity index is 544. The van der Waals surface area contributed by atoms with Crippen LogP contribution in [-0.4, -0.2) is 30.5 Å². The van der Waals surface area contributed by atoms with Crippen molar-refractivity contribution in [1.82, 2.24) is 0 Å². The lowest BCUT2D eigenvalue weighted by Gasteiger charge is -2.26. The predicted octanol–water partition coefficient (Wildman–Crippen LogP) is 4.21. The monoisotopic (exact) mass is 338 g/mol. The highest BCUT2D eigenvalue weighted by Crippen LogP contribution is 2.29. The lowest BCUT2D eigenvalue weighted by atomic mass is 9.89. The fraction of sp³-hybridized carbons (Fsp3) is 0.556. The Morgan fingerprint density at radius 1 is 1.09 bits per heavy atom. The number of hydrogen-bond acceptors (Lipinski definition) is 4. The number of halogens is 1. The van der Waals surface area contributed by atoms with E-state index in [0.29, 0.717) is 13.2 Å². The Morgan fingerprint density at radius 2 is 1.70 bits per heavy atom. The third-order valence-electron chi connectivity index (χ3n) is 4.05. The highest BCUT2D eigenvalue weighted by Gasteiger charge is 2.26. The molecule has 0 amide bonds. The molecule has 0 bridgehead atoms. The zero-order valence-electron chi connectivity index (χ0n) is 13.4. The molecular weight excluding hydrogens is 316 g/mol. The molecule has 2 unspecified atom stereocenters. The average Bonchev–Trinajstić information content (AvgIpc) is 2.58. The molecular formula is C18H23ClO4. The molecule has 0 heterocycles. The van der Waals surface area contributed by atoms with Crippen molar-refractivity contribution in [2.45, 2.75) is 44.4 Å². The second-order valence-corrected chi connectivity index (χ2v) is 6.40. The molecule has 1 saturated carbocycles. The molecule has 0 N–H and O–H groups in total. The van der Waals surface area contributed by atoms with Crippen LogP contribution in [0.5, 0.6) is 0 Å². The Kier molecular flexibility index (Phi) is 6.90. The predicted molar refractivity (Wildman–Crippen MR) is 88.9 cm³/mol. The van der Waals surface area contributed by atoms with E-state index in [-0.39, 0.29) is 22.4 Å². The molecule has 23 heavy (non-hydrogen) atoms. The van der Waals surface area contributed by atoms with Gasteiger partial charge >= 0.3 is 11.9 Å². The summed E-state index contributed by atoms with van der Waals surface area (Å²) in [7, 11) is 0. The van der Waals surface area contributed by atoms with Gasteiger partial charge in [0.05, 0.1) is 24.3 Å². The van der Waals surface area contributed by atoms with Gasteiger partial charge in [0.15, 0.2) is 0 Å². The SMILES string of the molecule is CCCOC(=O)c1ccccc1C(=O)OCC1CCCCC1Cl. The van der Waals surface area contributed by atoms with E-state index in [1.54, 1.807) is 24.3 Å². The molecule has 5 heteroatoms. The first-order valence-corrected chi connectivity index (χ1v) is 8.64. The maximum Gasteiger partial charge on any atom is 0.339 e. The number of carbonyl (C=O) groups is 2. The van der Waals surface area contributed by atoms with Crippen LogP contribution in [0.1, 0.15) is 59.7 Å². The standard InChI is InChI=1S/C18H23ClO4/c1-2-11-22-17(20)14-8-4-5-9-15(14)18(21)23-12-13-7-3-6-10-16(13)19/h4-5,8-9,13,16H,2-3,6-7,10-12H2,1H3. The van der Waals surface area contributed by atoms with E-state index in [4.69, 9.17) is 21.1 Å². The number of rotatable bonds is 6. The molecule has 1 aromatic carbocycles. The number of ether oxygens (including phenoxy) is 2. The molecule has 0 spiro atoms. The van der Waals surface area contributed by atoms with Crippen molar-refractivity contribution in [2.75, 3.05) is 13.2 Å². The largest absolute Gasteiger partial charge is 0.462 e. The average molecular weight is 339 g/mol. The van der Waals surface area contributed by atoms with Crippen molar-refractivity contribution < 1.29 is 19.1 Å². The molecule has 1 fully saturated rings. The summed E-state index contributed by atoms with van der Waals surface area (Å²) in [6, 6.07) is 6.58. The van der Waals surface area contributed by atoms with Gasteiger partial charge in [0.1, 0.15) is 0 Å². The van der Waals surface area contributed by atoms with Crippen LogP contribution >= 0.6 is 11.6 Å². The van der Waals surface area contributed by atoms with Gasteiger partial charge < -0.3 is 9.47 Å². The molecule has 126 valence electrons. The van der Waals surface area contributed by atoms with Crippen molar-refractivity contribution >= 4 is 23.5 Å². The van der Waals surface area contributed by atoms with Crippen LogP contribution in [0.25, 0.3) is 0 Å². The lowest BCUT2D eigenvalue weighted by molar-refractivity contribution is 0.0394. The summed E-state index contributed by atoms with van der Waals surface area (Å²) in [4.78, 5) is 24.4. The van der Waals surface area contributed by atoms with Crippen LogP contribution in [0.15, 0.2) is 24.3 Å².